The zero-order valence-electron chi connectivity index (χ0n) is 30.9. The molecule has 0 aromatic heterocycles. The highest BCUT2D eigenvalue weighted by molar-refractivity contribution is 6.42. The maximum atomic E-state index is 12.2. The fourth-order valence-electron chi connectivity index (χ4n) is 5.31. The van der Waals surface area contributed by atoms with Crippen LogP contribution in [0.25, 0.3) is 0 Å². The normalized spacial score (nSPS) is 12.4. The monoisotopic (exact) mass is 788 g/mol. The van der Waals surface area contributed by atoms with Crippen LogP contribution < -0.4 is 29.9 Å². The molecule has 4 rings (SSSR count). The third-order valence-corrected chi connectivity index (χ3v) is 8.83. The topological polar surface area (TPSA) is 138 Å². The van der Waals surface area contributed by atoms with E-state index < -0.39 is 0 Å². The summed E-state index contributed by atoms with van der Waals surface area (Å²) in [6.45, 7) is 3.98. The van der Waals surface area contributed by atoms with Gasteiger partial charge in [-0.05, 0) is 72.9 Å². The molecule has 1 aliphatic rings. The molecule has 0 saturated carbocycles. The molecular formula is C39H50Cl2N4O9. The molecule has 2 amide bonds. The second-order valence-corrected chi connectivity index (χ2v) is 12.9. The van der Waals surface area contributed by atoms with Gasteiger partial charge < -0.3 is 43.8 Å². The molecule has 0 fully saturated rings. The molecule has 1 heterocycles. The number of carbonyl (C=O) groups is 2. The number of hydrogen-bond donors (Lipinski definition) is 2. The van der Waals surface area contributed by atoms with Gasteiger partial charge in [-0.25, -0.2) is 0 Å². The summed E-state index contributed by atoms with van der Waals surface area (Å²) in [5, 5.41) is 12.8. The maximum Gasteiger partial charge on any atom is 0.258 e. The Morgan fingerprint density at radius 2 is 1.43 bits per heavy atom. The molecule has 2 N–H and O–H groups in total. The molecule has 0 spiro atoms. The smallest absolute Gasteiger partial charge is 0.258 e. The van der Waals surface area contributed by atoms with Crippen molar-refractivity contribution >= 4 is 46.5 Å². The summed E-state index contributed by atoms with van der Waals surface area (Å²) in [5.74, 6) is 2.32. The number of ether oxygens (including phenoxy) is 7. The van der Waals surface area contributed by atoms with Crippen molar-refractivity contribution in [2.24, 2.45) is 5.10 Å². The van der Waals surface area contributed by atoms with E-state index in [2.05, 4.69) is 21.8 Å². The Morgan fingerprint density at radius 3 is 2.13 bits per heavy atom. The first-order valence-corrected chi connectivity index (χ1v) is 18.7. The molecule has 294 valence electrons. The number of amidine groups is 1. The van der Waals surface area contributed by atoms with E-state index in [1.807, 2.05) is 42.5 Å². The van der Waals surface area contributed by atoms with Gasteiger partial charge in [0.1, 0.15) is 11.6 Å². The highest BCUT2D eigenvalue weighted by atomic mass is 35.5. The number of aryl methyl sites for hydroxylation is 2. The van der Waals surface area contributed by atoms with E-state index in [0.29, 0.717) is 87.4 Å². The van der Waals surface area contributed by atoms with Crippen molar-refractivity contribution in [3.05, 3.63) is 81.8 Å². The predicted molar refractivity (Wildman–Crippen MR) is 208 cm³/mol. The van der Waals surface area contributed by atoms with E-state index in [0.717, 1.165) is 42.0 Å². The summed E-state index contributed by atoms with van der Waals surface area (Å²) in [5.41, 5.74) is 3.14. The largest absolute Gasteiger partial charge is 0.493 e. The van der Waals surface area contributed by atoms with Crippen molar-refractivity contribution in [2.45, 2.75) is 32.1 Å². The molecular weight excluding hydrogens is 739 g/mol. The van der Waals surface area contributed by atoms with Crippen LogP contribution in [0.2, 0.25) is 10.0 Å². The lowest BCUT2D eigenvalue weighted by Crippen LogP contribution is -2.31. The van der Waals surface area contributed by atoms with Crippen molar-refractivity contribution in [3.63, 3.8) is 0 Å². The highest BCUT2D eigenvalue weighted by Gasteiger charge is 2.18. The first-order chi connectivity index (χ1) is 26.3. The van der Waals surface area contributed by atoms with Crippen molar-refractivity contribution in [1.29, 1.82) is 0 Å². The minimum Gasteiger partial charge on any atom is -0.493 e. The van der Waals surface area contributed by atoms with Gasteiger partial charge in [-0.15, -0.1) is 0 Å². The highest BCUT2D eigenvalue weighted by Crippen LogP contribution is 2.29. The fourth-order valence-corrected chi connectivity index (χ4v) is 5.61. The molecule has 1 aliphatic heterocycles. The van der Waals surface area contributed by atoms with Crippen LogP contribution in [-0.4, -0.2) is 104 Å². The molecule has 15 heteroatoms. The Hall–Kier alpha value is -4.11. The van der Waals surface area contributed by atoms with Gasteiger partial charge in [-0.1, -0.05) is 41.4 Å². The van der Waals surface area contributed by atoms with Crippen LogP contribution in [0.3, 0.4) is 0 Å². The second kappa shape index (κ2) is 24.3. The standard InChI is InChI=1S/C39H50Cl2N4O9/c1-48-35-12-9-30(26-36(35)49-2)6-3-5-29-7-4-8-32(25-29)54-28-39(47)42-15-18-51-20-22-53-24-23-52-21-19-50-17-14-38(46)43-37-13-16-45(44-37)31-10-11-33(40)34(41)27-31/h4,7-12,25-27H,3,5-6,13-24,28H2,1-2H3,(H,42,47)(H,43,44,46). The number of hydrazone groups is 1. The predicted octanol–water partition coefficient (Wildman–Crippen LogP) is 5.48. The number of nitrogens with one attached hydrogen (secondary N) is 2. The van der Waals surface area contributed by atoms with Crippen LogP contribution in [0, 0.1) is 0 Å². The van der Waals surface area contributed by atoms with Crippen molar-refractivity contribution in [3.8, 4) is 17.2 Å². The summed E-state index contributed by atoms with van der Waals surface area (Å²) >= 11 is 12.1. The van der Waals surface area contributed by atoms with E-state index in [9.17, 15) is 9.59 Å². The molecule has 13 nitrogen and oxygen atoms in total. The van der Waals surface area contributed by atoms with Crippen LogP contribution in [0.4, 0.5) is 5.69 Å². The van der Waals surface area contributed by atoms with Crippen molar-refractivity contribution in [1.82, 2.24) is 10.6 Å². The average molecular weight is 790 g/mol. The molecule has 0 unspecified atom stereocenters. The van der Waals surface area contributed by atoms with Crippen LogP contribution >= 0.6 is 23.2 Å². The van der Waals surface area contributed by atoms with Gasteiger partial charge in [-0.2, -0.15) is 5.10 Å². The summed E-state index contributed by atoms with van der Waals surface area (Å²) in [6, 6.07) is 19.1. The maximum absolute atomic E-state index is 12.2. The van der Waals surface area contributed by atoms with E-state index in [1.165, 1.54) is 5.56 Å². The van der Waals surface area contributed by atoms with Crippen LogP contribution in [0.1, 0.15) is 30.4 Å². The zero-order valence-corrected chi connectivity index (χ0v) is 32.4. The number of methoxy groups -OCH3 is 2. The Morgan fingerprint density at radius 1 is 0.741 bits per heavy atom. The Bertz CT molecular complexity index is 1650. The number of rotatable bonds is 25. The van der Waals surface area contributed by atoms with Gasteiger partial charge in [-0.3, -0.25) is 14.6 Å². The van der Waals surface area contributed by atoms with E-state index >= 15 is 0 Å². The molecule has 3 aromatic rings. The third kappa shape index (κ3) is 15.7. The van der Waals surface area contributed by atoms with E-state index in [1.54, 1.807) is 31.4 Å². The van der Waals surface area contributed by atoms with Gasteiger partial charge in [0.2, 0.25) is 5.91 Å². The molecule has 0 saturated heterocycles. The summed E-state index contributed by atoms with van der Waals surface area (Å²) in [7, 11) is 3.26. The number of amides is 2. The van der Waals surface area contributed by atoms with Gasteiger partial charge in [0.15, 0.2) is 18.1 Å². The minimum absolute atomic E-state index is 0.0726. The van der Waals surface area contributed by atoms with Crippen LogP contribution in [0.5, 0.6) is 17.2 Å². The number of halogens is 2. The lowest BCUT2D eigenvalue weighted by atomic mass is 10.0. The first-order valence-electron chi connectivity index (χ1n) is 17.9. The van der Waals surface area contributed by atoms with Gasteiger partial charge in [0.25, 0.3) is 5.91 Å². The average Bonchev–Trinajstić information content (AvgIpc) is 3.65. The van der Waals surface area contributed by atoms with Crippen molar-refractivity contribution < 1.29 is 42.7 Å². The fraction of sp³-hybridized carbons (Fsp3) is 0.462. The first kappa shape index (κ1) is 42.6. The second-order valence-electron chi connectivity index (χ2n) is 12.1. The number of benzene rings is 3. The Balaban J connectivity index is 0.915. The summed E-state index contributed by atoms with van der Waals surface area (Å²) in [6.07, 6.45) is 3.58. The molecule has 0 atom stereocenters. The molecule has 3 aromatic carbocycles. The van der Waals surface area contributed by atoms with Gasteiger partial charge >= 0.3 is 0 Å². The molecule has 0 radical (unpaired) electrons. The third-order valence-electron chi connectivity index (χ3n) is 8.09. The number of hydrogen-bond acceptors (Lipinski definition) is 11. The molecule has 0 bridgehead atoms. The van der Waals surface area contributed by atoms with Crippen LogP contribution in [-0.2, 0) is 41.4 Å². The summed E-state index contributed by atoms with van der Waals surface area (Å²) < 4.78 is 38.4. The zero-order chi connectivity index (χ0) is 38.4. The lowest BCUT2D eigenvalue weighted by Gasteiger charge is -2.13. The quantitative estimate of drug-likeness (QED) is 0.106. The lowest BCUT2D eigenvalue weighted by molar-refractivity contribution is -0.123. The van der Waals surface area contributed by atoms with Gasteiger partial charge in [0, 0.05) is 19.5 Å². The number of anilines is 1. The number of carbonyl (C=O) groups excluding carboxylic acids is 2. The van der Waals surface area contributed by atoms with Crippen molar-refractivity contribution in [2.75, 3.05) is 91.8 Å². The molecule has 54 heavy (non-hydrogen) atoms. The van der Waals surface area contributed by atoms with Gasteiger partial charge in [0.05, 0.1) is 89.2 Å². The van der Waals surface area contributed by atoms with Crippen LogP contribution in [0.15, 0.2) is 65.8 Å². The van der Waals surface area contributed by atoms with E-state index in [4.69, 9.17) is 56.4 Å². The molecule has 0 aliphatic carbocycles. The Labute approximate surface area is 327 Å². The number of nitrogens with zero attached hydrogens (tertiary/aromatic N) is 2. The van der Waals surface area contributed by atoms with E-state index in [-0.39, 0.29) is 31.4 Å². The SMILES string of the molecule is COc1ccc(CCCc2cccc(OCC(=O)NCCOCCOCCOCCOCCC(=O)NC3=NN(c4ccc(Cl)c(Cl)c4)CC3)c2)cc1OC. The minimum atomic E-state index is -0.217. The summed E-state index contributed by atoms with van der Waals surface area (Å²) in [4.78, 5) is 24.5. The Kier molecular flexibility index (Phi) is 19.2.